The number of hydrogen-bond donors (Lipinski definition) is 4. The van der Waals surface area contributed by atoms with E-state index in [9.17, 15) is 9.59 Å². The molecular formula is C17H26N4O3. The van der Waals surface area contributed by atoms with Crippen molar-refractivity contribution in [2.24, 2.45) is 17.6 Å². The highest BCUT2D eigenvalue weighted by Crippen LogP contribution is 2.29. The van der Waals surface area contributed by atoms with Gasteiger partial charge in [0, 0.05) is 18.2 Å². The number of primary amides is 1. The molecule has 132 valence electrons. The Balaban J connectivity index is 1.94. The molecule has 0 saturated carbocycles. The molecule has 1 aliphatic heterocycles. The zero-order valence-corrected chi connectivity index (χ0v) is 14.2. The lowest BCUT2D eigenvalue weighted by Crippen LogP contribution is -2.32. The van der Waals surface area contributed by atoms with Crippen LogP contribution in [0.2, 0.25) is 0 Å². The second kappa shape index (κ2) is 8.54. The summed E-state index contributed by atoms with van der Waals surface area (Å²) in [6.45, 7) is 4.19. The summed E-state index contributed by atoms with van der Waals surface area (Å²) in [5.41, 5.74) is 6.21. The fraction of sp³-hybridized carbons (Fsp3) is 0.529. The molecule has 1 aromatic carbocycles. The van der Waals surface area contributed by atoms with Crippen LogP contribution < -0.4 is 26.4 Å². The van der Waals surface area contributed by atoms with E-state index in [-0.39, 0.29) is 5.91 Å². The summed E-state index contributed by atoms with van der Waals surface area (Å²) in [6, 6.07) is 4.36. The van der Waals surface area contributed by atoms with Crippen molar-refractivity contribution in [1.82, 2.24) is 5.32 Å². The van der Waals surface area contributed by atoms with Crippen LogP contribution in [0.4, 0.5) is 16.2 Å². The highest BCUT2D eigenvalue weighted by Gasteiger charge is 2.22. The third-order valence-electron chi connectivity index (χ3n) is 4.44. The number of piperidine rings is 1. The van der Waals surface area contributed by atoms with Crippen LogP contribution in [0.3, 0.4) is 0 Å². The molecule has 0 aromatic heterocycles. The Morgan fingerprint density at radius 1 is 1.33 bits per heavy atom. The Morgan fingerprint density at radius 3 is 2.67 bits per heavy atom. The Bertz CT molecular complexity index is 585. The van der Waals surface area contributed by atoms with Gasteiger partial charge < -0.3 is 26.4 Å². The molecule has 0 radical (unpaired) electrons. The number of amides is 3. The molecule has 1 saturated heterocycles. The monoisotopic (exact) mass is 334 g/mol. The molecule has 3 amide bonds. The maximum absolute atomic E-state index is 12.3. The Hall–Kier alpha value is -2.28. The quantitative estimate of drug-likeness (QED) is 0.639. The van der Waals surface area contributed by atoms with Gasteiger partial charge in [0.15, 0.2) is 0 Å². The standard InChI is InChI=1S/C17H26N4O3/c1-11(12-5-7-19-8-6-12)9-16(22)20-13-3-4-14(21-17(18)23)15(10-13)24-2/h3-4,10-12,19H,5-9H2,1-2H3,(H,20,22)(H3,18,21,23). The molecule has 1 fully saturated rings. The van der Waals surface area contributed by atoms with Gasteiger partial charge in [-0.15, -0.1) is 0 Å². The fourth-order valence-electron chi connectivity index (χ4n) is 3.09. The number of urea groups is 1. The first kappa shape index (κ1) is 18.1. The van der Waals surface area contributed by atoms with Crippen LogP contribution in [-0.2, 0) is 4.79 Å². The van der Waals surface area contributed by atoms with E-state index in [0.29, 0.717) is 35.4 Å². The second-order valence-electron chi connectivity index (χ2n) is 6.22. The number of ether oxygens (including phenoxy) is 1. The van der Waals surface area contributed by atoms with Crippen LogP contribution in [0.1, 0.15) is 26.2 Å². The second-order valence-corrected chi connectivity index (χ2v) is 6.22. The molecule has 1 aromatic rings. The minimum atomic E-state index is -0.666. The molecule has 24 heavy (non-hydrogen) atoms. The van der Waals surface area contributed by atoms with Crippen molar-refractivity contribution in [3.63, 3.8) is 0 Å². The predicted molar refractivity (Wildman–Crippen MR) is 94.2 cm³/mol. The molecule has 0 bridgehead atoms. The van der Waals surface area contributed by atoms with Gasteiger partial charge in [0.1, 0.15) is 5.75 Å². The van der Waals surface area contributed by atoms with Crippen molar-refractivity contribution >= 4 is 23.3 Å². The molecular weight excluding hydrogens is 308 g/mol. The maximum atomic E-state index is 12.3. The summed E-state index contributed by atoms with van der Waals surface area (Å²) < 4.78 is 5.22. The predicted octanol–water partition coefficient (Wildman–Crippen LogP) is 2.15. The number of carbonyl (C=O) groups excluding carboxylic acids is 2. The van der Waals surface area contributed by atoms with Gasteiger partial charge >= 0.3 is 6.03 Å². The van der Waals surface area contributed by atoms with Crippen molar-refractivity contribution in [2.45, 2.75) is 26.2 Å². The van der Waals surface area contributed by atoms with Gasteiger partial charge in [0.25, 0.3) is 0 Å². The van der Waals surface area contributed by atoms with E-state index in [1.54, 1.807) is 18.2 Å². The first-order valence-corrected chi connectivity index (χ1v) is 8.24. The van der Waals surface area contributed by atoms with Crippen LogP contribution in [0.15, 0.2) is 18.2 Å². The normalized spacial score (nSPS) is 16.2. The SMILES string of the molecule is COc1cc(NC(=O)CC(C)C2CCNCC2)ccc1NC(N)=O. The molecule has 2 rings (SSSR count). The van der Waals surface area contributed by atoms with Gasteiger partial charge in [0.05, 0.1) is 12.8 Å². The number of carbonyl (C=O) groups is 2. The first-order chi connectivity index (χ1) is 11.5. The lowest BCUT2D eigenvalue weighted by molar-refractivity contribution is -0.117. The minimum Gasteiger partial charge on any atom is -0.494 e. The fourth-order valence-corrected chi connectivity index (χ4v) is 3.09. The summed E-state index contributed by atoms with van der Waals surface area (Å²) in [4.78, 5) is 23.2. The number of benzene rings is 1. The van der Waals surface area contributed by atoms with E-state index < -0.39 is 6.03 Å². The van der Waals surface area contributed by atoms with Crippen LogP contribution in [-0.4, -0.2) is 32.1 Å². The van der Waals surface area contributed by atoms with Crippen molar-refractivity contribution in [2.75, 3.05) is 30.8 Å². The van der Waals surface area contributed by atoms with Gasteiger partial charge in [-0.05, 0) is 49.9 Å². The Kier molecular flexibility index (Phi) is 6.43. The van der Waals surface area contributed by atoms with Crippen LogP contribution >= 0.6 is 0 Å². The number of nitrogens with two attached hydrogens (primary N) is 1. The maximum Gasteiger partial charge on any atom is 0.316 e. The molecule has 1 aliphatic rings. The smallest absolute Gasteiger partial charge is 0.316 e. The number of hydrogen-bond acceptors (Lipinski definition) is 4. The lowest BCUT2D eigenvalue weighted by Gasteiger charge is -2.27. The summed E-state index contributed by atoms with van der Waals surface area (Å²) in [7, 11) is 1.49. The average Bonchev–Trinajstić information content (AvgIpc) is 2.56. The summed E-state index contributed by atoms with van der Waals surface area (Å²) in [6.07, 6.45) is 2.74. The van der Waals surface area contributed by atoms with E-state index in [1.165, 1.54) is 7.11 Å². The average molecular weight is 334 g/mol. The van der Waals surface area contributed by atoms with Crippen molar-refractivity contribution in [3.8, 4) is 5.75 Å². The lowest BCUT2D eigenvalue weighted by atomic mass is 9.84. The van der Waals surface area contributed by atoms with Crippen LogP contribution in [0, 0.1) is 11.8 Å². The summed E-state index contributed by atoms with van der Waals surface area (Å²) in [5, 5.41) is 8.70. The third-order valence-corrected chi connectivity index (χ3v) is 4.44. The van der Waals surface area contributed by atoms with E-state index in [1.807, 2.05) is 0 Å². The minimum absolute atomic E-state index is 0.0151. The molecule has 1 unspecified atom stereocenters. The molecule has 7 heteroatoms. The highest BCUT2D eigenvalue weighted by atomic mass is 16.5. The zero-order chi connectivity index (χ0) is 17.5. The molecule has 7 nitrogen and oxygen atoms in total. The van der Waals surface area contributed by atoms with E-state index >= 15 is 0 Å². The van der Waals surface area contributed by atoms with E-state index in [0.717, 1.165) is 25.9 Å². The molecule has 0 spiro atoms. The van der Waals surface area contributed by atoms with Gasteiger partial charge in [-0.25, -0.2) is 4.79 Å². The van der Waals surface area contributed by atoms with Crippen LogP contribution in [0.5, 0.6) is 5.75 Å². The molecule has 1 heterocycles. The van der Waals surface area contributed by atoms with Crippen LogP contribution in [0.25, 0.3) is 0 Å². The highest BCUT2D eigenvalue weighted by molar-refractivity contribution is 5.93. The Labute approximate surface area is 142 Å². The van der Waals surface area contributed by atoms with Gasteiger partial charge in [-0.1, -0.05) is 6.92 Å². The van der Waals surface area contributed by atoms with E-state index in [4.69, 9.17) is 10.5 Å². The topological polar surface area (TPSA) is 105 Å². The molecule has 1 atom stereocenters. The number of nitrogens with one attached hydrogen (secondary N) is 3. The summed E-state index contributed by atoms with van der Waals surface area (Å²) in [5.74, 6) is 1.37. The van der Waals surface area contributed by atoms with Crippen molar-refractivity contribution < 1.29 is 14.3 Å². The molecule has 5 N–H and O–H groups in total. The van der Waals surface area contributed by atoms with Crippen molar-refractivity contribution in [1.29, 1.82) is 0 Å². The number of anilines is 2. The number of rotatable bonds is 6. The number of methoxy groups -OCH3 is 1. The van der Waals surface area contributed by atoms with Gasteiger partial charge in [0.2, 0.25) is 5.91 Å². The Morgan fingerprint density at radius 2 is 2.04 bits per heavy atom. The first-order valence-electron chi connectivity index (χ1n) is 8.24. The van der Waals surface area contributed by atoms with Gasteiger partial charge in [-0.3, -0.25) is 4.79 Å². The van der Waals surface area contributed by atoms with E-state index in [2.05, 4.69) is 22.9 Å². The van der Waals surface area contributed by atoms with Gasteiger partial charge in [-0.2, -0.15) is 0 Å². The van der Waals surface area contributed by atoms with Crippen molar-refractivity contribution in [3.05, 3.63) is 18.2 Å². The molecule has 0 aliphatic carbocycles. The summed E-state index contributed by atoms with van der Waals surface area (Å²) >= 11 is 0. The third kappa shape index (κ3) is 5.13. The zero-order valence-electron chi connectivity index (χ0n) is 14.2. The largest absolute Gasteiger partial charge is 0.494 e.